The van der Waals surface area contributed by atoms with E-state index in [9.17, 15) is 32.8 Å². The number of carbonyl (C=O) groups is 3. The predicted molar refractivity (Wildman–Crippen MR) is 185 cm³/mol. The Morgan fingerprint density at radius 2 is 1.87 bits per heavy atom. The number of carbonyl (C=O) groups excluding carboxylic acids is 3. The van der Waals surface area contributed by atoms with Gasteiger partial charge in [-0.1, -0.05) is 6.07 Å². The number of aromatic nitrogens is 4. The fourth-order valence-corrected chi connectivity index (χ4v) is 6.60. The number of nitrogens with one attached hydrogen (secondary N) is 1. The molecule has 1 atom stereocenters. The van der Waals surface area contributed by atoms with Crippen molar-refractivity contribution in [2.24, 2.45) is 7.05 Å². The van der Waals surface area contributed by atoms with E-state index in [0.29, 0.717) is 53.3 Å². The van der Waals surface area contributed by atoms with Gasteiger partial charge in [0.2, 0.25) is 0 Å². The number of ketones is 1. The van der Waals surface area contributed by atoms with Crippen molar-refractivity contribution in [3.05, 3.63) is 76.6 Å². The Morgan fingerprint density at radius 3 is 2.48 bits per heavy atom. The van der Waals surface area contributed by atoms with Crippen LogP contribution in [0.3, 0.4) is 0 Å². The van der Waals surface area contributed by atoms with Crippen LogP contribution in [0.4, 0.5) is 29.6 Å². The summed E-state index contributed by atoms with van der Waals surface area (Å²) in [5.41, 5.74) is -0.144. The molecule has 2 aromatic carbocycles. The second kappa shape index (κ2) is 13.7. The fourth-order valence-electron chi connectivity index (χ4n) is 6.60. The Kier molecular flexibility index (Phi) is 9.52. The second-order valence-corrected chi connectivity index (χ2v) is 13.8. The number of anilines is 2. The van der Waals surface area contributed by atoms with E-state index in [-0.39, 0.29) is 41.3 Å². The van der Waals surface area contributed by atoms with Gasteiger partial charge >= 0.3 is 12.3 Å². The molecular formula is C37H37F3N8O4. The minimum Gasteiger partial charge on any atom is -0.444 e. The van der Waals surface area contributed by atoms with Crippen LogP contribution < -0.4 is 10.2 Å². The van der Waals surface area contributed by atoms with Crippen LogP contribution in [-0.2, 0) is 35.8 Å². The van der Waals surface area contributed by atoms with Crippen LogP contribution in [0.5, 0.6) is 0 Å². The van der Waals surface area contributed by atoms with Crippen LogP contribution in [0.1, 0.15) is 79.6 Å². The normalized spacial score (nSPS) is 15.8. The van der Waals surface area contributed by atoms with E-state index in [2.05, 4.69) is 26.6 Å². The predicted octanol–water partition coefficient (Wildman–Crippen LogP) is 6.89. The summed E-state index contributed by atoms with van der Waals surface area (Å²) in [6, 6.07) is 12.0. The molecule has 1 aliphatic heterocycles. The van der Waals surface area contributed by atoms with Gasteiger partial charge in [0.1, 0.15) is 23.6 Å². The van der Waals surface area contributed by atoms with E-state index in [0.717, 1.165) is 6.07 Å². The van der Waals surface area contributed by atoms with Crippen molar-refractivity contribution < 1.29 is 32.3 Å². The Balaban J connectivity index is 1.42. The third-order valence-corrected chi connectivity index (χ3v) is 8.89. The van der Waals surface area contributed by atoms with Gasteiger partial charge in [0.25, 0.3) is 5.91 Å². The molecule has 6 rings (SSSR count). The van der Waals surface area contributed by atoms with Crippen LogP contribution in [0.2, 0.25) is 0 Å². The first-order valence-corrected chi connectivity index (χ1v) is 16.8. The van der Waals surface area contributed by atoms with Gasteiger partial charge in [-0.05, 0) is 99.2 Å². The van der Waals surface area contributed by atoms with E-state index >= 15 is 0 Å². The lowest BCUT2D eigenvalue weighted by atomic mass is 9.97. The van der Waals surface area contributed by atoms with Gasteiger partial charge in [-0.15, -0.1) is 10.2 Å². The highest BCUT2D eigenvalue weighted by Gasteiger charge is 2.42. The van der Waals surface area contributed by atoms with E-state index in [1.54, 1.807) is 62.7 Å². The van der Waals surface area contributed by atoms with Crippen LogP contribution in [0.15, 0.2) is 48.8 Å². The molecule has 2 aliphatic rings. The van der Waals surface area contributed by atoms with E-state index in [4.69, 9.17) is 4.74 Å². The molecule has 3 heterocycles. The number of hydrogen-bond donors (Lipinski definition) is 1. The monoisotopic (exact) mass is 714 g/mol. The van der Waals surface area contributed by atoms with Gasteiger partial charge in [-0.25, -0.2) is 9.78 Å². The zero-order chi connectivity index (χ0) is 37.5. The van der Waals surface area contributed by atoms with Crippen LogP contribution in [0, 0.1) is 11.3 Å². The minimum absolute atomic E-state index is 0.0350. The van der Waals surface area contributed by atoms with Gasteiger partial charge in [-0.3, -0.25) is 19.4 Å². The number of amides is 2. The van der Waals surface area contributed by atoms with E-state index in [1.165, 1.54) is 22.2 Å². The van der Waals surface area contributed by atoms with Crippen LogP contribution >= 0.6 is 0 Å². The first kappa shape index (κ1) is 36.0. The molecule has 1 N–H and O–H groups in total. The van der Waals surface area contributed by atoms with Crippen molar-refractivity contribution in [2.75, 3.05) is 16.8 Å². The quantitative estimate of drug-likeness (QED) is 0.206. The van der Waals surface area contributed by atoms with Gasteiger partial charge < -0.3 is 14.6 Å². The summed E-state index contributed by atoms with van der Waals surface area (Å²) in [5.74, 6) is 0.0469. The lowest BCUT2D eigenvalue weighted by Gasteiger charge is -2.31. The van der Waals surface area contributed by atoms with E-state index < -0.39 is 41.9 Å². The number of pyridine rings is 1. The molecule has 4 aromatic rings. The molecule has 15 heteroatoms. The Hall–Kier alpha value is -5.78. The van der Waals surface area contributed by atoms with Crippen molar-refractivity contribution in [1.82, 2.24) is 24.6 Å². The maximum Gasteiger partial charge on any atom is 0.416 e. The summed E-state index contributed by atoms with van der Waals surface area (Å²) in [6.45, 7) is 6.52. The Morgan fingerprint density at radius 1 is 1.10 bits per heavy atom. The molecule has 0 spiro atoms. The number of fused-ring (bicyclic) bond motifs is 1. The molecule has 1 saturated carbocycles. The van der Waals surface area contributed by atoms with Crippen molar-refractivity contribution in [3.63, 3.8) is 0 Å². The molecule has 1 unspecified atom stereocenters. The highest BCUT2D eigenvalue weighted by Crippen LogP contribution is 2.41. The molecule has 0 radical (unpaired) electrons. The number of aryl methyl sites for hydroxylation is 1. The van der Waals surface area contributed by atoms with Gasteiger partial charge in [-0.2, -0.15) is 18.4 Å². The number of ether oxygens (including phenoxy) is 1. The maximum absolute atomic E-state index is 14.7. The summed E-state index contributed by atoms with van der Waals surface area (Å²) < 4.78 is 51.4. The zero-order valence-electron chi connectivity index (χ0n) is 29.3. The zero-order valence-corrected chi connectivity index (χ0v) is 29.3. The molecule has 52 heavy (non-hydrogen) atoms. The molecule has 0 saturated heterocycles. The molecule has 12 nitrogen and oxygen atoms in total. The summed E-state index contributed by atoms with van der Waals surface area (Å²) in [4.78, 5) is 47.2. The fraction of sp³-hybridized carbons (Fsp3) is 0.378. The Labute approximate surface area is 298 Å². The number of halogens is 3. The Bertz CT molecular complexity index is 2110. The number of alkyl halides is 3. The number of nitrogens with zero attached hydrogens (tertiary/aromatic N) is 7. The summed E-state index contributed by atoms with van der Waals surface area (Å²) in [6.07, 6.45) is -3.00. The number of rotatable bonds is 8. The third-order valence-electron chi connectivity index (χ3n) is 8.89. The average Bonchev–Trinajstić information content (AvgIpc) is 3.79. The molecule has 270 valence electrons. The number of Topliss-reactive ketones (excluding diaryl/α,β-unsaturated/α-hetero) is 1. The lowest BCUT2D eigenvalue weighted by Crippen LogP contribution is -2.44. The van der Waals surface area contributed by atoms with Gasteiger partial charge in [0.15, 0.2) is 11.6 Å². The molecule has 0 bridgehead atoms. The summed E-state index contributed by atoms with van der Waals surface area (Å²) in [5, 5.41) is 20.9. The van der Waals surface area contributed by atoms with E-state index in [1.807, 2.05) is 6.92 Å². The lowest BCUT2D eigenvalue weighted by molar-refractivity contribution is -0.138. The smallest absolute Gasteiger partial charge is 0.416 e. The summed E-state index contributed by atoms with van der Waals surface area (Å²) >= 11 is 0. The molecular weight excluding hydrogens is 677 g/mol. The van der Waals surface area contributed by atoms with Gasteiger partial charge in [0.05, 0.1) is 29.8 Å². The van der Waals surface area contributed by atoms with Crippen molar-refractivity contribution >= 4 is 29.4 Å². The van der Waals surface area contributed by atoms with Crippen LogP contribution in [0.25, 0.3) is 22.5 Å². The third kappa shape index (κ3) is 7.19. The number of benzene rings is 2. The van der Waals surface area contributed by atoms with Crippen molar-refractivity contribution in [2.45, 2.75) is 77.9 Å². The minimum atomic E-state index is -4.84. The molecule has 1 aliphatic carbocycles. The van der Waals surface area contributed by atoms with Gasteiger partial charge in [0, 0.05) is 37.7 Å². The first-order chi connectivity index (χ1) is 24.6. The topological polar surface area (TPSA) is 146 Å². The SMILES string of the molecule is CCNc1cc(-c2ccc(C#N)cc2-c2nncn2C)cc(N2Cc3c(cc(CN(C(=O)OC(C)(C)C)C4CCCC4=O)cc3C(F)(F)F)C2=O)n1. The maximum atomic E-state index is 14.7. The number of nitriles is 1. The molecule has 2 amide bonds. The number of hydrogen-bond acceptors (Lipinski definition) is 9. The standard InChI is InChI=1S/C37H37F3N8O4/c1-6-42-31-15-23(24-11-10-21(17-41)12-25(24)33-45-43-20-46(33)5)16-32(44-31)48-19-27-26(34(48)50)13-22(14-28(27)37(38,39)40)18-47(29-8-7-9-30(29)49)35(51)52-36(2,3)4/h10-16,20,29H,6-9,18-19H2,1-5H3,(H,42,44). The van der Waals surface area contributed by atoms with Crippen molar-refractivity contribution in [3.8, 4) is 28.6 Å². The average molecular weight is 715 g/mol. The highest BCUT2D eigenvalue weighted by atomic mass is 19.4. The molecule has 2 aromatic heterocycles. The van der Waals surface area contributed by atoms with Crippen LogP contribution in [-0.4, -0.2) is 60.6 Å². The largest absolute Gasteiger partial charge is 0.444 e. The van der Waals surface area contributed by atoms with Crippen molar-refractivity contribution in [1.29, 1.82) is 5.26 Å². The second-order valence-electron chi connectivity index (χ2n) is 13.8. The molecule has 1 fully saturated rings. The highest BCUT2D eigenvalue weighted by molar-refractivity contribution is 6.10. The first-order valence-electron chi connectivity index (χ1n) is 16.8. The summed E-state index contributed by atoms with van der Waals surface area (Å²) in [7, 11) is 1.76.